The van der Waals surface area contributed by atoms with Crippen molar-refractivity contribution in [2.24, 2.45) is 0 Å². The van der Waals surface area contributed by atoms with Crippen LogP contribution in [-0.4, -0.2) is 6.09 Å². The van der Waals surface area contributed by atoms with Gasteiger partial charge in [-0.05, 0) is 18.6 Å². The van der Waals surface area contributed by atoms with E-state index >= 15 is 0 Å². The molecule has 0 fully saturated rings. The summed E-state index contributed by atoms with van der Waals surface area (Å²) in [4.78, 5) is 35.5. The van der Waals surface area contributed by atoms with Crippen LogP contribution >= 0.6 is 0 Å². The Labute approximate surface area is 135 Å². The lowest BCUT2D eigenvalue weighted by Crippen LogP contribution is -2.19. The van der Waals surface area contributed by atoms with Crippen LogP contribution in [-0.2, 0) is 11.3 Å². The molecule has 2 heterocycles. The lowest BCUT2D eigenvalue weighted by atomic mass is 10.2. The number of carbonyl (C=O) groups is 1. The second-order valence-corrected chi connectivity index (χ2v) is 5.06. The van der Waals surface area contributed by atoms with E-state index in [1.54, 1.807) is 19.1 Å². The molecule has 0 aliphatic rings. The molecule has 1 N–H and O–H groups in total. The third kappa shape index (κ3) is 3.35. The van der Waals surface area contributed by atoms with Gasteiger partial charge in [-0.25, -0.2) is 14.4 Å². The molecule has 1 amide bonds. The molecule has 0 saturated heterocycles. The molecule has 3 rings (SSSR count). The van der Waals surface area contributed by atoms with Gasteiger partial charge >= 0.3 is 17.3 Å². The summed E-state index contributed by atoms with van der Waals surface area (Å²) in [5.41, 5.74) is -0.749. The fourth-order valence-electron chi connectivity index (χ4n) is 2.12. The number of carbonyl (C=O) groups excluding carboxylic acids is 1. The molecule has 0 saturated carbocycles. The number of benzene rings is 1. The number of anilines is 1. The van der Waals surface area contributed by atoms with Crippen LogP contribution in [0.5, 0.6) is 0 Å². The topological polar surface area (TPSA) is 98.8 Å². The summed E-state index contributed by atoms with van der Waals surface area (Å²) >= 11 is 0. The molecule has 0 atom stereocenters. The maximum atomic E-state index is 11.9. The number of amides is 1. The Hall–Kier alpha value is -3.35. The summed E-state index contributed by atoms with van der Waals surface area (Å²) in [5, 5.41) is 2.32. The van der Waals surface area contributed by atoms with Crippen LogP contribution in [0.4, 0.5) is 10.5 Å². The average molecular weight is 327 g/mol. The predicted molar refractivity (Wildman–Crippen MR) is 86.0 cm³/mol. The molecule has 7 nitrogen and oxygen atoms in total. The Morgan fingerprint density at radius 2 is 1.83 bits per heavy atom. The number of hydrogen-bond acceptors (Lipinski definition) is 6. The Balaban J connectivity index is 1.79. The van der Waals surface area contributed by atoms with Gasteiger partial charge in [0.05, 0.1) is 0 Å². The first-order valence-corrected chi connectivity index (χ1v) is 7.09. The van der Waals surface area contributed by atoms with Crippen LogP contribution in [0, 0.1) is 6.92 Å². The zero-order valence-electron chi connectivity index (χ0n) is 12.7. The molecule has 0 aliphatic heterocycles. The van der Waals surface area contributed by atoms with Crippen LogP contribution in [0.25, 0.3) is 11.0 Å². The third-order valence-corrected chi connectivity index (χ3v) is 3.23. The van der Waals surface area contributed by atoms with Crippen molar-refractivity contribution in [2.45, 2.75) is 13.5 Å². The first-order valence-electron chi connectivity index (χ1n) is 7.09. The minimum absolute atomic E-state index is 0.0485. The highest BCUT2D eigenvalue weighted by Crippen LogP contribution is 2.14. The highest BCUT2D eigenvalue weighted by atomic mass is 16.5. The Bertz CT molecular complexity index is 1000. The molecule has 3 aromatic rings. The van der Waals surface area contributed by atoms with E-state index in [9.17, 15) is 14.4 Å². The molecule has 7 heteroatoms. The summed E-state index contributed by atoms with van der Waals surface area (Å²) in [7, 11) is 0. The Morgan fingerprint density at radius 3 is 2.58 bits per heavy atom. The number of rotatable bonds is 3. The van der Waals surface area contributed by atoms with Crippen LogP contribution in [0.3, 0.4) is 0 Å². The predicted octanol–water partition coefficient (Wildman–Crippen LogP) is 2.80. The van der Waals surface area contributed by atoms with Gasteiger partial charge < -0.3 is 13.6 Å². The summed E-state index contributed by atoms with van der Waals surface area (Å²) in [6.07, 6.45) is -0.831. The van der Waals surface area contributed by atoms with Crippen LogP contribution in [0.15, 0.2) is 60.9 Å². The molecule has 2 aromatic heterocycles. The summed E-state index contributed by atoms with van der Waals surface area (Å²) in [5.74, 6) is 0.318. The van der Waals surface area contributed by atoms with E-state index in [1.807, 2.05) is 18.2 Å². The largest absolute Gasteiger partial charge is 0.444 e. The van der Waals surface area contributed by atoms with Gasteiger partial charge in [0.1, 0.15) is 29.0 Å². The van der Waals surface area contributed by atoms with E-state index in [4.69, 9.17) is 13.6 Å². The second kappa shape index (κ2) is 6.41. The van der Waals surface area contributed by atoms with Gasteiger partial charge in [0.2, 0.25) is 0 Å². The average Bonchev–Trinajstić information content (AvgIpc) is 2.55. The highest BCUT2D eigenvalue weighted by molar-refractivity contribution is 5.87. The molecule has 0 aliphatic carbocycles. The molecule has 0 unspecified atom stereocenters. The molecule has 122 valence electrons. The van der Waals surface area contributed by atoms with E-state index < -0.39 is 17.3 Å². The van der Waals surface area contributed by atoms with Gasteiger partial charge in [-0.1, -0.05) is 30.3 Å². The lowest BCUT2D eigenvalue weighted by molar-refractivity contribution is 0.155. The number of fused-ring (bicyclic) bond motifs is 1. The van der Waals surface area contributed by atoms with E-state index in [0.717, 1.165) is 5.56 Å². The molecular weight excluding hydrogens is 314 g/mol. The van der Waals surface area contributed by atoms with E-state index in [0.29, 0.717) is 5.76 Å². The molecule has 24 heavy (non-hydrogen) atoms. The van der Waals surface area contributed by atoms with E-state index in [2.05, 4.69) is 5.32 Å². The van der Waals surface area contributed by atoms with Crippen molar-refractivity contribution < 1.29 is 18.4 Å². The first kappa shape index (κ1) is 15.5. The van der Waals surface area contributed by atoms with Gasteiger partial charge in [0.25, 0.3) is 0 Å². The summed E-state index contributed by atoms with van der Waals surface area (Å²) in [6.45, 7) is 1.61. The highest BCUT2D eigenvalue weighted by Gasteiger charge is 2.13. The zero-order chi connectivity index (χ0) is 17.1. The molecular formula is C17H13NO6. The van der Waals surface area contributed by atoms with Gasteiger partial charge in [-0.3, -0.25) is 5.32 Å². The van der Waals surface area contributed by atoms with Gasteiger partial charge in [-0.2, -0.15) is 0 Å². The van der Waals surface area contributed by atoms with Crippen molar-refractivity contribution in [3.8, 4) is 0 Å². The van der Waals surface area contributed by atoms with Crippen molar-refractivity contribution in [1.29, 1.82) is 0 Å². The van der Waals surface area contributed by atoms with Gasteiger partial charge in [-0.15, -0.1) is 0 Å². The first-order chi connectivity index (χ1) is 11.5. The smallest absolute Gasteiger partial charge is 0.412 e. The summed E-state index contributed by atoms with van der Waals surface area (Å²) < 4.78 is 15.0. The molecule has 0 radical (unpaired) electrons. The lowest BCUT2D eigenvalue weighted by Gasteiger charge is -2.06. The SMILES string of the molecule is Cc1cc2oc(=O)c(NC(=O)OCc3ccccc3)cc2c(=O)o1. The van der Waals surface area contributed by atoms with Crippen molar-refractivity contribution in [3.05, 3.63) is 74.6 Å². The van der Waals surface area contributed by atoms with Crippen LogP contribution < -0.4 is 16.6 Å². The maximum Gasteiger partial charge on any atom is 0.412 e. The minimum atomic E-state index is -0.831. The third-order valence-electron chi connectivity index (χ3n) is 3.23. The van der Waals surface area contributed by atoms with Crippen molar-refractivity contribution in [1.82, 2.24) is 0 Å². The summed E-state index contributed by atoms with van der Waals surface area (Å²) in [6, 6.07) is 11.7. The van der Waals surface area contributed by atoms with E-state index in [-0.39, 0.29) is 23.3 Å². The normalized spacial score (nSPS) is 10.5. The van der Waals surface area contributed by atoms with Crippen molar-refractivity contribution in [3.63, 3.8) is 0 Å². The quantitative estimate of drug-likeness (QED) is 0.794. The van der Waals surface area contributed by atoms with Crippen LogP contribution in [0.2, 0.25) is 0 Å². The molecule has 1 aromatic carbocycles. The van der Waals surface area contributed by atoms with E-state index in [1.165, 1.54) is 12.1 Å². The number of nitrogens with one attached hydrogen (secondary N) is 1. The second-order valence-electron chi connectivity index (χ2n) is 5.06. The Kier molecular flexibility index (Phi) is 4.15. The Morgan fingerprint density at radius 1 is 1.08 bits per heavy atom. The monoisotopic (exact) mass is 327 g/mol. The van der Waals surface area contributed by atoms with Crippen LogP contribution in [0.1, 0.15) is 11.3 Å². The van der Waals surface area contributed by atoms with Gasteiger partial charge in [0.15, 0.2) is 0 Å². The number of ether oxygens (including phenoxy) is 1. The number of aryl methyl sites for hydroxylation is 1. The molecule has 0 bridgehead atoms. The minimum Gasteiger partial charge on any atom is -0.444 e. The molecule has 0 spiro atoms. The zero-order valence-corrected chi connectivity index (χ0v) is 12.7. The van der Waals surface area contributed by atoms with Gasteiger partial charge in [0, 0.05) is 6.07 Å². The fraction of sp³-hybridized carbons (Fsp3) is 0.118. The maximum absolute atomic E-state index is 11.9. The fourth-order valence-corrected chi connectivity index (χ4v) is 2.12. The standard InChI is InChI=1S/C17H13NO6/c1-10-7-14-12(15(19)23-10)8-13(16(20)24-14)18-17(21)22-9-11-5-3-2-4-6-11/h2-8H,9H2,1H3,(H,18,21). The van der Waals surface area contributed by atoms with Crippen molar-refractivity contribution >= 4 is 22.7 Å². The van der Waals surface area contributed by atoms with Crippen molar-refractivity contribution in [2.75, 3.05) is 5.32 Å². The number of hydrogen-bond donors (Lipinski definition) is 1.